The van der Waals surface area contributed by atoms with Crippen molar-refractivity contribution >= 4 is 44.7 Å². The molecule has 6 unspecified atom stereocenters. The van der Waals surface area contributed by atoms with Crippen LogP contribution in [-0.2, 0) is 27.6 Å². The van der Waals surface area contributed by atoms with Crippen molar-refractivity contribution in [2.45, 2.75) is 67.7 Å². The van der Waals surface area contributed by atoms with E-state index in [2.05, 4.69) is 26.1 Å². The number of hydrogen-bond donors (Lipinski definition) is 7. The van der Waals surface area contributed by atoms with Gasteiger partial charge in [0.1, 0.15) is 18.3 Å². The Morgan fingerprint density at radius 2 is 1.87 bits per heavy atom. The SMILES string of the molecule is CCc1cc(C2OC(n3cnc4c(NC(CO)Cc5ccccc5)nc(N5CCC(NC(=O)Nc6ccc(S(N)(=O)=O)cc6)C5)nc43)C(O)C2O)on1. The van der Waals surface area contributed by atoms with Gasteiger partial charge in [-0.3, -0.25) is 4.57 Å². The molecule has 3 aromatic heterocycles. The number of nitrogens with two attached hydrogens (primary N) is 1. The third-order valence-corrected chi connectivity index (χ3v) is 10.2. The Bertz CT molecular complexity index is 2160. The first-order valence-corrected chi connectivity index (χ1v) is 18.6. The minimum Gasteiger partial charge on any atom is -0.394 e. The van der Waals surface area contributed by atoms with E-state index in [9.17, 15) is 28.5 Å². The Balaban J connectivity index is 1.14. The minimum absolute atomic E-state index is 0.0715. The predicted octanol–water partition coefficient (Wildman–Crippen LogP) is 1.43. The van der Waals surface area contributed by atoms with E-state index in [1.807, 2.05) is 42.2 Å². The summed E-state index contributed by atoms with van der Waals surface area (Å²) in [5, 5.41) is 50.7. The highest BCUT2D eigenvalue weighted by molar-refractivity contribution is 7.89. The number of aliphatic hydroxyl groups excluding tert-OH is 3. The van der Waals surface area contributed by atoms with Gasteiger partial charge >= 0.3 is 6.03 Å². The molecule has 280 valence electrons. The Morgan fingerprint density at radius 3 is 2.57 bits per heavy atom. The van der Waals surface area contributed by atoms with Crippen LogP contribution in [0.4, 0.5) is 22.2 Å². The van der Waals surface area contributed by atoms with Crippen molar-refractivity contribution in [2.75, 3.05) is 35.2 Å². The molecule has 2 aliphatic heterocycles. The molecule has 0 spiro atoms. The highest BCUT2D eigenvalue weighted by atomic mass is 32.2. The van der Waals surface area contributed by atoms with Gasteiger partial charge in [0.15, 0.2) is 29.0 Å². The molecule has 53 heavy (non-hydrogen) atoms. The molecule has 5 heterocycles. The number of carbonyl (C=O) groups excluding carboxylic acids is 1. The van der Waals surface area contributed by atoms with Crippen LogP contribution < -0.4 is 26.0 Å². The van der Waals surface area contributed by atoms with Crippen molar-refractivity contribution in [3.63, 3.8) is 0 Å². The van der Waals surface area contributed by atoms with Gasteiger partial charge in [-0.1, -0.05) is 42.4 Å². The highest BCUT2D eigenvalue weighted by Gasteiger charge is 2.47. The second-order valence-electron chi connectivity index (χ2n) is 13.0. The molecule has 7 rings (SSSR count). The summed E-state index contributed by atoms with van der Waals surface area (Å²) in [7, 11) is -3.87. The van der Waals surface area contributed by atoms with Crippen molar-refractivity contribution in [2.24, 2.45) is 5.14 Å². The molecule has 0 saturated carbocycles. The van der Waals surface area contributed by atoms with Crippen LogP contribution in [0.15, 0.2) is 76.4 Å². The van der Waals surface area contributed by atoms with Crippen molar-refractivity contribution in [1.82, 2.24) is 30.0 Å². The van der Waals surface area contributed by atoms with E-state index in [1.165, 1.54) is 35.2 Å². The number of rotatable bonds is 12. The number of imidazole rings is 1. The van der Waals surface area contributed by atoms with Gasteiger partial charge in [-0.25, -0.2) is 23.3 Å². The Kier molecular flexibility index (Phi) is 10.3. The number of aliphatic hydroxyl groups is 3. The first kappa shape index (κ1) is 36.2. The summed E-state index contributed by atoms with van der Waals surface area (Å²) in [6.07, 6.45) is -1.68. The van der Waals surface area contributed by atoms with Gasteiger partial charge in [0.25, 0.3) is 0 Å². The van der Waals surface area contributed by atoms with E-state index in [4.69, 9.17) is 24.4 Å². The van der Waals surface area contributed by atoms with Gasteiger partial charge in [-0.2, -0.15) is 9.97 Å². The molecule has 5 aromatic rings. The molecule has 0 aliphatic carbocycles. The summed E-state index contributed by atoms with van der Waals surface area (Å²) >= 11 is 0. The maximum atomic E-state index is 12.9. The number of fused-ring (bicyclic) bond motifs is 1. The lowest BCUT2D eigenvalue weighted by Crippen LogP contribution is -2.40. The maximum absolute atomic E-state index is 12.9. The summed E-state index contributed by atoms with van der Waals surface area (Å²) in [5.41, 5.74) is 2.72. The molecule has 8 N–H and O–H groups in total. The number of primary sulfonamides is 1. The molecule has 2 fully saturated rings. The van der Waals surface area contributed by atoms with E-state index in [-0.39, 0.29) is 23.3 Å². The molecule has 6 atom stereocenters. The summed E-state index contributed by atoms with van der Waals surface area (Å²) in [5.74, 6) is 0.918. The Labute approximate surface area is 304 Å². The van der Waals surface area contributed by atoms with E-state index in [0.717, 1.165) is 5.56 Å². The number of anilines is 3. The number of amides is 2. The molecule has 0 bridgehead atoms. The van der Waals surface area contributed by atoms with Crippen LogP contribution in [0.3, 0.4) is 0 Å². The zero-order valence-electron chi connectivity index (χ0n) is 28.6. The average molecular weight is 749 g/mol. The van der Waals surface area contributed by atoms with E-state index in [0.29, 0.717) is 66.7 Å². The van der Waals surface area contributed by atoms with Crippen LogP contribution >= 0.6 is 0 Å². The quantitative estimate of drug-likeness (QED) is 0.0953. The number of nitrogens with zero attached hydrogens (tertiary/aromatic N) is 6. The zero-order chi connectivity index (χ0) is 37.3. The molecule has 18 nitrogen and oxygen atoms in total. The van der Waals surface area contributed by atoms with Crippen LogP contribution in [0.25, 0.3) is 11.2 Å². The number of aromatic nitrogens is 5. The van der Waals surface area contributed by atoms with Crippen LogP contribution in [0.2, 0.25) is 0 Å². The van der Waals surface area contributed by atoms with Crippen molar-refractivity contribution < 1.29 is 37.8 Å². The smallest absolute Gasteiger partial charge is 0.319 e. The number of ether oxygens (including phenoxy) is 1. The van der Waals surface area contributed by atoms with E-state index >= 15 is 0 Å². The van der Waals surface area contributed by atoms with Gasteiger partial charge in [-0.15, -0.1) is 0 Å². The molecular formula is C34H40N10O8S. The Hall–Kier alpha value is -5.18. The van der Waals surface area contributed by atoms with Gasteiger partial charge in [-0.05, 0) is 49.1 Å². The lowest BCUT2D eigenvalue weighted by Gasteiger charge is -2.22. The molecule has 2 amide bonds. The van der Waals surface area contributed by atoms with Crippen LogP contribution in [0.1, 0.15) is 42.7 Å². The fourth-order valence-corrected chi connectivity index (χ4v) is 7.00. The monoisotopic (exact) mass is 748 g/mol. The summed E-state index contributed by atoms with van der Waals surface area (Å²) in [6, 6.07) is 15.6. The number of benzene rings is 2. The number of aryl methyl sites for hydroxylation is 1. The third-order valence-electron chi connectivity index (χ3n) is 9.28. The summed E-state index contributed by atoms with van der Waals surface area (Å²) in [6.45, 7) is 2.54. The molecular weight excluding hydrogens is 709 g/mol. The topological polar surface area (TPSA) is 256 Å². The molecule has 2 aromatic carbocycles. The first-order valence-electron chi connectivity index (χ1n) is 17.1. The summed E-state index contributed by atoms with van der Waals surface area (Å²) < 4.78 is 36.2. The number of sulfonamides is 1. The van der Waals surface area contributed by atoms with E-state index in [1.54, 1.807) is 6.07 Å². The normalized spacial score (nSPS) is 22.3. The lowest BCUT2D eigenvalue weighted by molar-refractivity contribution is -0.0434. The lowest BCUT2D eigenvalue weighted by atomic mass is 10.1. The fraction of sp³-hybridized carbons (Fsp3) is 0.382. The van der Waals surface area contributed by atoms with Crippen LogP contribution in [-0.4, -0.2) is 98.4 Å². The summed E-state index contributed by atoms with van der Waals surface area (Å²) in [4.78, 5) is 28.9. The fourth-order valence-electron chi connectivity index (χ4n) is 6.48. The van der Waals surface area contributed by atoms with Crippen molar-refractivity contribution in [3.8, 4) is 0 Å². The van der Waals surface area contributed by atoms with Gasteiger partial charge < -0.3 is 45.4 Å². The van der Waals surface area contributed by atoms with Crippen LogP contribution in [0, 0.1) is 0 Å². The second-order valence-corrected chi connectivity index (χ2v) is 14.6. The number of nitrogens with one attached hydrogen (secondary N) is 3. The predicted molar refractivity (Wildman–Crippen MR) is 191 cm³/mol. The number of urea groups is 1. The molecule has 2 aliphatic rings. The standard InChI is InChI=1S/C34H40N10O8S/c1-2-20-15-25(52-42-20)29-27(46)28(47)32(51-29)44-18-36-26-30(37-23(17-45)14-19-6-4-3-5-7-19)40-33(41-31(26)44)43-13-12-22(16-43)39-34(48)38-21-8-10-24(11-9-21)53(35,49)50/h3-11,15,18,22-23,27-29,32,45-47H,2,12-14,16-17H2,1H3,(H2,35,49,50)(H,37,40,41)(H2,38,39,48). The maximum Gasteiger partial charge on any atom is 0.319 e. The third kappa shape index (κ3) is 7.80. The first-order chi connectivity index (χ1) is 25.5. The van der Waals surface area contributed by atoms with Crippen molar-refractivity contribution in [3.05, 3.63) is 84.0 Å². The second kappa shape index (κ2) is 15.0. The van der Waals surface area contributed by atoms with Gasteiger partial charge in [0.2, 0.25) is 16.0 Å². The van der Waals surface area contributed by atoms with E-state index < -0.39 is 46.6 Å². The number of carbonyl (C=O) groups is 1. The highest BCUT2D eigenvalue weighted by Crippen LogP contribution is 2.40. The van der Waals surface area contributed by atoms with Gasteiger partial charge in [0, 0.05) is 30.9 Å². The molecule has 19 heteroatoms. The van der Waals surface area contributed by atoms with Crippen LogP contribution in [0.5, 0.6) is 0 Å². The zero-order valence-corrected chi connectivity index (χ0v) is 29.4. The number of hydrogen-bond acceptors (Lipinski definition) is 14. The van der Waals surface area contributed by atoms with Crippen molar-refractivity contribution in [1.29, 1.82) is 0 Å². The van der Waals surface area contributed by atoms with Gasteiger partial charge in [0.05, 0.1) is 29.6 Å². The molecule has 0 radical (unpaired) electrons. The average Bonchev–Trinajstić information content (AvgIpc) is 3.96. The largest absolute Gasteiger partial charge is 0.394 e. The minimum atomic E-state index is -3.87. The molecule has 2 saturated heterocycles. The Morgan fingerprint density at radius 1 is 1.09 bits per heavy atom.